The van der Waals surface area contributed by atoms with E-state index in [1.54, 1.807) is 36.8 Å². The quantitative estimate of drug-likeness (QED) is 0.158. The van der Waals surface area contributed by atoms with Gasteiger partial charge in [0.1, 0.15) is 11.6 Å². The van der Waals surface area contributed by atoms with Crippen LogP contribution in [0.2, 0.25) is 0 Å². The van der Waals surface area contributed by atoms with E-state index < -0.39 is 27.4 Å². The molecule has 0 bridgehead atoms. The van der Waals surface area contributed by atoms with Crippen molar-refractivity contribution < 1.29 is 22.0 Å². The predicted octanol–water partition coefficient (Wildman–Crippen LogP) is 7.16. The van der Waals surface area contributed by atoms with Gasteiger partial charge in [-0.05, 0) is 104 Å². The van der Waals surface area contributed by atoms with Gasteiger partial charge in [-0.1, -0.05) is 18.2 Å². The molecule has 6 nitrogen and oxygen atoms in total. The maximum Gasteiger partial charge on any atom is 0.178 e. The number of benzene rings is 3. The van der Waals surface area contributed by atoms with Gasteiger partial charge in [0.15, 0.2) is 15.6 Å². The first-order valence-electron chi connectivity index (χ1n) is 14.7. The lowest BCUT2D eigenvalue weighted by Gasteiger charge is -2.20. The normalized spacial score (nSPS) is 14.2. The van der Waals surface area contributed by atoms with Crippen LogP contribution in [0, 0.1) is 31.4 Å². The molecule has 1 fully saturated rings. The summed E-state index contributed by atoms with van der Waals surface area (Å²) in [6.07, 6.45) is 5.33. The Morgan fingerprint density at radius 1 is 0.955 bits per heavy atom. The van der Waals surface area contributed by atoms with Crippen molar-refractivity contribution >= 4 is 26.7 Å². The standard InChI is InChI=1S/C35H33F2N3O3S/c1-22-11-33-34(12-23(22)2)40(21-39-33)19-30(41)16-27(13-25-14-28(36)18-29(37)15-25)35-32(7-4-10-38-35)26-5-3-6-31(17-26)44(42,43)20-24-8-9-24/h3-7,10-12,14-15,17-18,21,24,27H,8-9,13,16,19-20H2,1-2H3/t27-/m1/s1. The summed E-state index contributed by atoms with van der Waals surface area (Å²) in [4.78, 5) is 23.0. The van der Waals surface area contributed by atoms with E-state index in [1.165, 1.54) is 12.1 Å². The van der Waals surface area contributed by atoms with Crippen LogP contribution in [0.1, 0.15) is 47.6 Å². The Labute approximate surface area is 255 Å². The van der Waals surface area contributed by atoms with Crippen LogP contribution in [0.4, 0.5) is 8.78 Å². The molecule has 0 amide bonds. The number of Topliss-reactive ketones (excluding diaryl/α,β-unsaturated/α-hetero) is 1. The molecule has 0 spiro atoms. The molecule has 0 unspecified atom stereocenters. The second kappa shape index (κ2) is 12.0. The summed E-state index contributed by atoms with van der Waals surface area (Å²) in [7, 11) is -3.46. The van der Waals surface area contributed by atoms with Crippen molar-refractivity contribution in [2.45, 2.75) is 56.9 Å². The van der Waals surface area contributed by atoms with Gasteiger partial charge in [0.05, 0.1) is 40.2 Å². The molecule has 6 rings (SSSR count). The number of sulfone groups is 1. The number of nitrogens with zero attached hydrogens (tertiary/aromatic N) is 3. The van der Waals surface area contributed by atoms with E-state index in [1.807, 2.05) is 42.7 Å². The number of pyridine rings is 1. The molecule has 0 aliphatic heterocycles. The van der Waals surface area contributed by atoms with Crippen molar-refractivity contribution in [1.82, 2.24) is 14.5 Å². The maximum absolute atomic E-state index is 14.2. The van der Waals surface area contributed by atoms with E-state index in [0.717, 1.165) is 41.1 Å². The number of halogens is 2. The molecule has 0 radical (unpaired) electrons. The van der Waals surface area contributed by atoms with Crippen molar-refractivity contribution in [3.63, 3.8) is 0 Å². The van der Waals surface area contributed by atoms with Crippen molar-refractivity contribution in [1.29, 1.82) is 0 Å². The molecule has 0 N–H and O–H groups in total. The van der Waals surface area contributed by atoms with Gasteiger partial charge in [0.25, 0.3) is 0 Å². The number of aromatic nitrogens is 3. The molecular weight excluding hydrogens is 580 g/mol. The van der Waals surface area contributed by atoms with Crippen molar-refractivity contribution in [3.8, 4) is 11.1 Å². The van der Waals surface area contributed by atoms with E-state index in [4.69, 9.17) is 0 Å². The monoisotopic (exact) mass is 613 g/mol. The van der Waals surface area contributed by atoms with Gasteiger partial charge in [0, 0.05) is 30.2 Å². The summed E-state index contributed by atoms with van der Waals surface area (Å²) in [6, 6.07) is 17.7. The first-order valence-corrected chi connectivity index (χ1v) is 16.4. The van der Waals surface area contributed by atoms with Gasteiger partial charge >= 0.3 is 0 Å². The highest BCUT2D eigenvalue weighted by Gasteiger charge is 2.29. The number of aryl methyl sites for hydroxylation is 2. The van der Waals surface area contributed by atoms with Gasteiger partial charge in [-0.3, -0.25) is 9.78 Å². The number of carbonyl (C=O) groups excluding carboxylic acids is 1. The lowest BCUT2D eigenvalue weighted by molar-refractivity contribution is -0.120. The zero-order valence-corrected chi connectivity index (χ0v) is 25.4. The molecule has 1 atom stereocenters. The molecule has 3 aromatic carbocycles. The molecular formula is C35H33F2N3O3S. The molecule has 1 aliphatic carbocycles. The summed E-state index contributed by atoms with van der Waals surface area (Å²) in [5.41, 5.74) is 6.15. The SMILES string of the molecule is Cc1cc2ncn(CC(=O)C[C@@H](Cc3cc(F)cc(F)c3)c3ncccc3-c3cccc(S(=O)(=O)CC4CC4)c3)c2cc1C. The summed E-state index contributed by atoms with van der Waals surface area (Å²) in [5.74, 6) is -1.70. The molecule has 44 heavy (non-hydrogen) atoms. The van der Waals surface area contributed by atoms with Gasteiger partial charge in [-0.25, -0.2) is 22.2 Å². The topological polar surface area (TPSA) is 81.9 Å². The fraction of sp³-hybridized carbons (Fsp3) is 0.286. The van der Waals surface area contributed by atoms with E-state index in [0.29, 0.717) is 22.4 Å². The number of hydrogen-bond acceptors (Lipinski definition) is 5. The summed E-state index contributed by atoms with van der Waals surface area (Å²) in [5, 5.41) is 0. The largest absolute Gasteiger partial charge is 0.323 e. The zero-order valence-electron chi connectivity index (χ0n) is 24.6. The molecule has 226 valence electrons. The van der Waals surface area contributed by atoms with Gasteiger partial charge in [-0.2, -0.15) is 0 Å². The van der Waals surface area contributed by atoms with Crippen LogP contribution in [0.25, 0.3) is 22.2 Å². The van der Waals surface area contributed by atoms with Crippen LogP contribution < -0.4 is 0 Å². The fourth-order valence-corrected chi connectivity index (χ4v) is 7.52. The molecule has 5 aromatic rings. The first-order chi connectivity index (χ1) is 21.1. The third-order valence-electron chi connectivity index (χ3n) is 8.34. The number of ketones is 1. The third-order valence-corrected chi connectivity index (χ3v) is 10.2. The van der Waals surface area contributed by atoms with Crippen LogP contribution in [0.5, 0.6) is 0 Å². The van der Waals surface area contributed by atoms with Gasteiger partial charge in [0.2, 0.25) is 0 Å². The average molecular weight is 614 g/mol. The summed E-state index contributed by atoms with van der Waals surface area (Å²) >= 11 is 0. The smallest absolute Gasteiger partial charge is 0.178 e. The fourth-order valence-electron chi connectivity index (χ4n) is 5.78. The van der Waals surface area contributed by atoms with Crippen LogP contribution >= 0.6 is 0 Å². The minimum absolute atomic E-state index is 0.0479. The van der Waals surface area contributed by atoms with Gasteiger partial charge < -0.3 is 4.57 Å². The number of hydrogen-bond donors (Lipinski definition) is 0. The Kier molecular flexibility index (Phi) is 8.16. The Morgan fingerprint density at radius 3 is 2.45 bits per heavy atom. The zero-order chi connectivity index (χ0) is 31.0. The molecule has 0 saturated heterocycles. The average Bonchev–Trinajstić information content (AvgIpc) is 3.71. The lowest BCUT2D eigenvalue weighted by Crippen LogP contribution is -2.17. The Bertz CT molecular complexity index is 1960. The molecule has 2 heterocycles. The van der Waals surface area contributed by atoms with E-state index in [-0.39, 0.29) is 41.7 Å². The first kappa shape index (κ1) is 29.8. The molecule has 1 aliphatic rings. The summed E-state index contributed by atoms with van der Waals surface area (Å²) < 4.78 is 56.4. The van der Waals surface area contributed by atoms with Crippen LogP contribution in [0.15, 0.2) is 84.1 Å². The summed E-state index contributed by atoms with van der Waals surface area (Å²) in [6.45, 7) is 4.10. The third kappa shape index (κ3) is 6.63. The van der Waals surface area contributed by atoms with E-state index >= 15 is 0 Å². The Balaban J connectivity index is 1.35. The Hall–Kier alpha value is -4.24. The number of rotatable bonds is 11. The minimum atomic E-state index is -3.46. The minimum Gasteiger partial charge on any atom is -0.323 e. The predicted molar refractivity (Wildman–Crippen MR) is 166 cm³/mol. The molecule has 2 aromatic heterocycles. The molecule has 9 heteroatoms. The highest BCUT2D eigenvalue weighted by molar-refractivity contribution is 7.91. The van der Waals surface area contributed by atoms with E-state index in [2.05, 4.69) is 9.97 Å². The van der Waals surface area contributed by atoms with Crippen LogP contribution in [0.3, 0.4) is 0 Å². The van der Waals surface area contributed by atoms with Crippen molar-refractivity contribution in [2.24, 2.45) is 5.92 Å². The number of fused-ring (bicyclic) bond motifs is 1. The molecule has 1 saturated carbocycles. The highest BCUT2D eigenvalue weighted by atomic mass is 32.2. The second-order valence-electron chi connectivity index (χ2n) is 11.9. The number of carbonyl (C=O) groups is 1. The lowest BCUT2D eigenvalue weighted by atomic mass is 9.87. The van der Waals surface area contributed by atoms with Crippen molar-refractivity contribution in [3.05, 3.63) is 113 Å². The van der Waals surface area contributed by atoms with Crippen LogP contribution in [-0.4, -0.2) is 34.5 Å². The van der Waals surface area contributed by atoms with Crippen molar-refractivity contribution in [2.75, 3.05) is 5.75 Å². The van der Waals surface area contributed by atoms with Gasteiger partial charge in [-0.15, -0.1) is 0 Å². The Morgan fingerprint density at radius 2 is 1.70 bits per heavy atom. The van der Waals surface area contributed by atoms with Crippen LogP contribution in [-0.2, 0) is 27.6 Å². The highest BCUT2D eigenvalue weighted by Crippen LogP contribution is 2.36. The second-order valence-corrected chi connectivity index (χ2v) is 13.9. The number of imidazole rings is 1. The van der Waals surface area contributed by atoms with E-state index in [9.17, 15) is 22.0 Å². The maximum atomic E-state index is 14.2.